The average Bonchev–Trinajstić information content (AvgIpc) is 2.45. The molecule has 1 saturated heterocycles. The van der Waals surface area contributed by atoms with Gasteiger partial charge in [0.15, 0.2) is 0 Å². The average molecular weight is 307 g/mol. The SMILES string of the molecule is COc1cc(N2C[C@@H](C)N(C(=O)O)[C@@H](C)C2)ccc1C(N)=O. The van der Waals surface area contributed by atoms with E-state index in [-0.39, 0.29) is 12.1 Å². The smallest absolute Gasteiger partial charge is 0.407 e. The van der Waals surface area contributed by atoms with Crippen LogP contribution in [0.5, 0.6) is 5.75 Å². The molecular weight excluding hydrogens is 286 g/mol. The first-order valence-corrected chi connectivity index (χ1v) is 7.09. The summed E-state index contributed by atoms with van der Waals surface area (Å²) in [6.07, 6.45) is -0.902. The van der Waals surface area contributed by atoms with E-state index in [2.05, 4.69) is 4.90 Å². The number of carboxylic acid groups (broad SMARTS) is 1. The fourth-order valence-electron chi connectivity index (χ4n) is 2.99. The van der Waals surface area contributed by atoms with Crippen molar-refractivity contribution in [1.29, 1.82) is 0 Å². The van der Waals surface area contributed by atoms with E-state index in [1.165, 1.54) is 12.0 Å². The molecule has 7 heteroatoms. The predicted molar refractivity (Wildman–Crippen MR) is 82.5 cm³/mol. The molecule has 0 radical (unpaired) electrons. The van der Waals surface area contributed by atoms with E-state index in [1.807, 2.05) is 13.8 Å². The molecule has 0 aliphatic carbocycles. The molecule has 3 N–H and O–H groups in total. The van der Waals surface area contributed by atoms with Crippen molar-refractivity contribution in [2.45, 2.75) is 25.9 Å². The molecule has 1 aromatic rings. The predicted octanol–water partition coefficient (Wildman–Crippen LogP) is 1.37. The molecule has 2 amide bonds. The Morgan fingerprint density at radius 2 is 1.86 bits per heavy atom. The van der Waals surface area contributed by atoms with Crippen molar-refractivity contribution >= 4 is 17.7 Å². The third-order valence-corrected chi connectivity index (χ3v) is 3.96. The Bertz CT molecular complexity index is 578. The van der Waals surface area contributed by atoms with E-state index in [0.717, 1.165) is 5.69 Å². The Labute approximate surface area is 129 Å². The summed E-state index contributed by atoms with van der Waals surface area (Å²) in [5.74, 6) is -0.119. The number of primary amides is 1. The Balaban J connectivity index is 2.26. The van der Waals surface area contributed by atoms with E-state index < -0.39 is 12.0 Å². The molecular formula is C15H21N3O4. The Morgan fingerprint density at radius 3 is 2.32 bits per heavy atom. The second-order valence-corrected chi connectivity index (χ2v) is 5.54. The first-order valence-electron chi connectivity index (χ1n) is 7.09. The topological polar surface area (TPSA) is 96.1 Å². The third-order valence-electron chi connectivity index (χ3n) is 3.96. The van der Waals surface area contributed by atoms with Gasteiger partial charge in [0.2, 0.25) is 0 Å². The van der Waals surface area contributed by atoms with Crippen LogP contribution in [-0.4, -0.2) is 54.3 Å². The van der Waals surface area contributed by atoms with Crippen LogP contribution in [0.15, 0.2) is 18.2 Å². The fourth-order valence-corrected chi connectivity index (χ4v) is 2.99. The molecule has 7 nitrogen and oxygen atoms in total. The summed E-state index contributed by atoms with van der Waals surface area (Å²) in [7, 11) is 1.49. The number of carbonyl (C=O) groups excluding carboxylic acids is 1. The summed E-state index contributed by atoms with van der Waals surface area (Å²) in [5.41, 5.74) is 6.52. The van der Waals surface area contributed by atoms with Gasteiger partial charge in [0.1, 0.15) is 5.75 Å². The maximum Gasteiger partial charge on any atom is 0.407 e. The first kappa shape index (κ1) is 15.9. The van der Waals surface area contributed by atoms with Crippen LogP contribution in [0, 0.1) is 0 Å². The fraction of sp³-hybridized carbons (Fsp3) is 0.467. The zero-order valence-electron chi connectivity index (χ0n) is 12.9. The zero-order valence-corrected chi connectivity index (χ0v) is 12.9. The highest BCUT2D eigenvalue weighted by atomic mass is 16.5. The van der Waals surface area contributed by atoms with Crippen LogP contribution in [0.4, 0.5) is 10.5 Å². The summed E-state index contributed by atoms with van der Waals surface area (Å²) in [6, 6.07) is 4.95. The van der Waals surface area contributed by atoms with Crippen LogP contribution in [0.3, 0.4) is 0 Å². The molecule has 1 aliphatic rings. The molecule has 0 saturated carbocycles. The summed E-state index contributed by atoms with van der Waals surface area (Å²) in [6.45, 7) is 4.92. The maximum absolute atomic E-state index is 11.3. The minimum absolute atomic E-state index is 0.122. The number of amides is 2. The third kappa shape index (κ3) is 2.93. The van der Waals surface area contributed by atoms with Gasteiger partial charge < -0.3 is 20.5 Å². The van der Waals surface area contributed by atoms with Crippen molar-refractivity contribution in [3.05, 3.63) is 23.8 Å². The van der Waals surface area contributed by atoms with Crippen LogP contribution >= 0.6 is 0 Å². The molecule has 0 spiro atoms. The van der Waals surface area contributed by atoms with Crippen molar-refractivity contribution in [3.8, 4) is 5.75 Å². The quantitative estimate of drug-likeness (QED) is 0.879. The van der Waals surface area contributed by atoms with Gasteiger partial charge in [-0.25, -0.2) is 4.79 Å². The number of piperazine rings is 1. The minimum atomic E-state index is -0.902. The van der Waals surface area contributed by atoms with Gasteiger partial charge in [-0.3, -0.25) is 9.69 Å². The Morgan fingerprint density at radius 1 is 1.27 bits per heavy atom. The highest BCUT2D eigenvalue weighted by Gasteiger charge is 2.33. The van der Waals surface area contributed by atoms with Crippen LogP contribution in [0.2, 0.25) is 0 Å². The summed E-state index contributed by atoms with van der Waals surface area (Å²) in [5, 5.41) is 9.25. The van der Waals surface area contributed by atoms with Crippen molar-refractivity contribution in [1.82, 2.24) is 4.90 Å². The lowest BCUT2D eigenvalue weighted by molar-refractivity contribution is 0.0975. The van der Waals surface area contributed by atoms with E-state index >= 15 is 0 Å². The lowest BCUT2D eigenvalue weighted by Gasteiger charge is -2.44. The number of ether oxygens (including phenoxy) is 1. The van der Waals surface area contributed by atoms with Gasteiger partial charge in [0.25, 0.3) is 5.91 Å². The largest absolute Gasteiger partial charge is 0.496 e. The highest BCUT2D eigenvalue weighted by Crippen LogP contribution is 2.28. The minimum Gasteiger partial charge on any atom is -0.496 e. The van der Waals surface area contributed by atoms with E-state index in [9.17, 15) is 14.7 Å². The van der Waals surface area contributed by atoms with Crippen molar-refractivity contribution < 1.29 is 19.4 Å². The molecule has 1 aliphatic heterocycles. The number of benzene rings is 1. The second kappa shape index (κ2) is 6.13. The first-order chi connectivity index (χ1) is 10.3. The van der Waals surface area contributed by atoms with E-state index in [0.29, 0.717) is 24.4 Å². The number of hydrogen-bond donors (Lipinski definition) is 2. The van der Waals surface area contributed by atoms with Gasteiger partial charge in [-0.2, -0.15) is 0 Å². The Hall–Kier alpha value is -2.44. The number of methoxy groups -OCH3 is 1. The standard InChI is InChI=1S/C15H21N3O4/c1-9-7-17(8-10(2)18(9)15(20)21)11-4-5-12(14(16)19)13(6-11)22-3/h4-6,9-10H,7-8H2,1-3H3,(H2,16,19)(H,20,21)/t9-,10+. The molecule has 2 atom stereocenters. The summed E-state index contributed by atoms with van der Waals surface area (Å²) < 4.78 is 5.22. The lowest BCUT2D eigenvalue weighted by Crippen LogP contribution is -2.58. The van der Waals surface area contributed by atoms with Crippen molar-refractivity contribution in [3.63, 3.8) is 0 Å². The molecule has 0 aromatic heterocycles. The number of nitrogens with two attached hydrogens (primary N) is 1. The number of nitrogens with zero attached hydrogens (tertiary/aromatic N) is 2. The summed E-state index contributed by atoms with van der Waals surface area (Å²) >= 11 is 0. The van der Waals surface area contributed by atoms with Gasteiger partial charge in [0.05, 0.1) is 24.8 Å². The van der Waals surface area contributed by atoms with Gasteiger partial charge in [-0.05, 0) is 26.0 Å². The van der Waals surface area contributed by atoms with Crippen LogP contribution in [0.1, 0.15) is 24.2 Å². The van der Waals surface area contributed by atoms with Crippen LogP contribution < -0.4 is 15.4 Å². The molecule has 22 heavy (non-hydrogen) atoms. The normalized spacial score (nSPS) is 21.6. The van der Waals surface area contributed by atoms with Gasteiger partial charge in [-0.15, -0.1) is 0 Å². The van der Waals surface area contributed by atoms with Crippen LogP contribution in [-0.2, 0) is 0 Å². The van der Waals surface area contributed by atoms with Gasteiger partial charge >= 0.3 is 6.09 Å². The molecule has 2 rings (SSSR count). The maximum atomic E-state index is 11.3. The lowest BCUT2D eigenvalue weighted by atomic mass is 10.1. The second-order valence-electron chi connectivity index (χ2n) is 5.54. The molecule has 1 heterocycles. The van der Waals surface area contributed by atoms with Gasteiger partial charge in [0, 0.05) is 24.8 Å². The number of hydrogen-bond acceptors (Lipinski definition) is 4. The van der Waals surface area contributed by atoms with Crippen molar-refractivity contribution in [2.24, 2.45) is 5.73 Å². The van der Waals surface area contributed by atoms with E-state index in [1.54, 1.807) is 18.2 Å². The van der Waals surface area contributed by atoms with E-state index in [4.69, 9.17) is 10.5 Å². The number of rotatable bonds is 3. The molecule has 1 aromatic carbocycles. The molecule has 0 bridgehead atoms. The zero-order chi connectivity index (χ0) is 16.4. The molecule has 0 unspecified atom stereocenters. The van der Waals surface area contributed by atoms with Gasteiger partial charge in [-0.1, -0.05) is 0 Å². The monoisotopic (exact) mass is 307 g/mol. The van der Waals surface area contributed by atoms with Crippen LogP contribution in [0.25, 0.3) is 0 Å². The summed E-state index contributed by atoms with van der Waals surface area (Å²) in [4.78, 5) is 26.2. The number of carbonyl (C=O) groups is 2. The van der Waals surface area contributed by atoms with Crippen molar-refractivity contribution in [2.75, 3.05) is 25.1 Å². The molecule has 120 valence electrons. The number of anilines is 1. The molecule has 1 fully saturated rings. The Kier molecular flexibility index (Phi) is 4.44. The highest BCUT2D eigenvalue weighted by molar-refractivity contribution is 5.96.